The average Bonchev–Trinajstić information content (AvgIpc) is 2.81. The van der Waals surface area contributed by atoms with Gasteiger partial charge in [-0.1, -0.05) is 31.2 Å². The summed E-state index contributed by atoms with van der Waals surface area (Å²) >= 11 is 0. The molecule has 1 aromatic carbocycles. The molecule has 0 saturated heterocycles. The van der Waals surface area contributed by atoms with E-state index in [0.29, 0.717) is 18.0 Å². The van der Waals surface area contributed by atoms with Gasteiger partial charge in [0.25, 0.3) is 0 Å². The van der Waals surface area contributed by atoms with E-state index >= 15 is 0 Å². The van der Waals surface area contributed by atoms with Gasteiger partial charge in [-0.05, 0) is 56.7 Å². The number of benzene rings is 1. The maximum absolute atomic E-state index is 5.67. The third-order valence-corrected chi connectivity index (χ3v) is 4.79. The Morgan fingerprint density at radius 3 is 2.52 bits per heavy atom. The Kier molecular flexibility index (Phi) is 3.90. The summed E-state index contributed by atoms with van der Waals surface area (Å²) < 4.78 is 5.67. The highest BCUT2D eigenvalue weighted by molar-refractivity contribution is 5.35. The molecule has 21 heavy (non-hydrogen) atoms. The van der Waals surface area contributed by atoms with E-state index in [-0.39, 0.29) is 0 Å². The van der Waals surface area contributed by atoms with Gasteiger partial charge in [-0.15, -0.1) is 0 Å². The first-order valence-electron chi connectivity index (χ1n) is 7.98. The predicted octanol–water partition coefficient (Wildman–Crippen LogP) is 5.19. The molecule has 1 heterocycles. The SMILES string of the molecule is Cc1cc(C(C)NC2CCC(C)c3ccccc32)c(C)o1. The molecule has 0 radical (unpaired) electrons. The van der Waals surface area contributed by atoms with Crippen LogP contribution in [0.3, 0.4) is 0 Å². The zero-order valence-corrected chi connectivity index (χ0v) is 13.4. The molecule has 0 spiro atoms. The molecule has 0 saturated carbocycles. The Hall–Kier alpha value is -1.54. The number of hydrogen-bond acceptors (Lipinski definition) is 2. The average molecular weight is 283 g/mol. The van der Waals surface area contributed by atoms with E-state index in [9.17, 15) is 0 Å². The van der Waals surface area contributed by atoms with Crippen LogP contribution in [-0.2, 0) is 0 Å². The Morgan fingerprint density at radius 2 is 1.86 bits per heavy atom. The molecule has 1 aliphatic carbocycles. The molecule has 112 valence electrons. The fourth-order valence-electron chi connectivity index (χ4n) is 3.65. The van der Waals surface area contributed by atoms with Crippen molar-refractivity contribution >= 4 is 0 Å². The Morgan fingerprint density at radius 1 is 1.14 bits per heavy atom. The van der Waals surface area contributed by atoms with Crippen LogP contribution >= 0.6 is 0 Å². The minimum absolute atomic E-state index is 0.314. The second kappa shape index (κ2) is 5.69. The van der Waals surface area contributed by atoms with Gasteiger partial charge in [0.2, 0.25) is 0 Å². The lowest BCUT2D eigenvalue weighted by Gasteiger charge is -2.32. The molecule has 0 aliphatic heterocycles. The molecule has 1 N–H and O–H groups in total. The monoisotopic (exact) mass is 283 g/mol. The standard InChI is InChI=1S/C19H25NO/c1-12-9-10-19(17-8-6-5-7-16(12)17)20-14(3)18-11-13(2)21-15(18)4/h5-8,11-12,14,19-20H,9-10H2,1-4H3. The molecule has 1 aromatic heterocycles. The Balaban J connectivity index is 1.83. The van der Waals surface area contributed by atoms with Gasteiger partial charge < -0.3 is 9.73 Å². The van der Waals surface area contributed by atoms with Crippen molar-refractivity contribution in [3.63, 3.8) is 0 Å². The highest BCUT2D eigenvalue weighted by Gasteiger charge is 2.26. The summed E-state index contributed by atoms with van der Waals surface area (Å²) in [6.45, 7) is 8.64. The van der Waals surface area contributed by atoms with E-state index < -0.39 is 0 Å². The van der Waals surface area contributed by atoms with Crippen molar-refractivity contribution in [2.45, 2.75) is 58.5 Å². The molecule has 2 aromatic rings. The van der Waals surface area contributed by atoms with Crippen molar-refractivity contribution < 1.29 is 4.42 Å². The van der Waals surface area contributed by atoms with Crippen LogP contribution in [0, 0.1) is 13.8 Å². The highest BCUT2D eigenvalue weighted by Crippen LogP contribution is 2.38. The van der Waals surface area contributed by atoms with E-state index in [1.807, 2.05) is 6.92 Å². The molecule has 2 heteroatoms. The van der Waals surface area contributed by atoms with Gasteiger partial charge >= 0.3 is 0 Å². The third kappa shape index (κ3) is 2.77. The van der Waals surface area contributed by atoms with Crippen LogP contribution in [0.5, 0.6) is 0 Å². The molecule has 0 fully saturated rings. The zero-order chi connectivity index (χ0) is 15.0. The van der Waals surface area contributed by atoms with Crippen molar-refractivity contribution in [3.05, 3.63) is 58.5 Å². The minimum Gasteiger partial charge on any atom is -0.466 e. The van der Waals surface area contributed by atoms with Crippen LogP contribution in [0.4, 0.5) is 0 Å². The zero-order valence-electron chi connectivity index (χ0n) is 13.4. The van der Waals surface area contributed by atoms with Gasteiger partial charge in [-0.25, -0.2) is 0 Å². The topological polar surface area (TPSA) is 25.2 Å². The number of hydrogen-bond donors (Lipinski definition) is 1. The number of furan rings is 1. The van der Waals surface area contributed by atoms with E-state index in [1.54, 1.807) is 0 Å². The van der Waals surface area contributed by atoms with Crippen molar-refractivity contribution in [1.82, 2.24) is 5.32 Å². The van der Waals surface area contributed by atoms with Crippen LogP contribution in [0.1, 0.15) is 72.9 Å². The van der Waals surface area contributed by atoms with E-state index in [4.69, 9.17) is 4.42 Å². The van der Waals surface area contributed by atoms with Crippen molar-refractivity contribution in [3.8, 4) is 0 Å². The minimum atomic E-state index is 0.314. The van der Waals surface area contributed by atoms with Crippen molar-refractivity contribution in [2.75, 3.05) is 0 Å². The molecule has 0 bridgehead atoms. The van der Waals surface area contributed by atoms with E-state index in [0.717, 1.165) is 11.5 Å². The molecule has 2 nitrogen and oxygen atoms in total. The van der Waals surface area contributed by atoms with Gasteiger partial charge in [0, 0.05) is 17.6 Å². The summed E-state index contributed by atoms with van der Waals surface area (Å²) in [6, 6.07) is 11.8. The summed E-state index contributed by atoms with van der Waals surface area (Å²) in [5, 5.41) is 3.81. The first-order chi connectivity index (χ1) is 10.1. The lowest BCUT2D eigenvalue weighted by Crippen LogP contribution is -2.28. The van der Waals surface area contributed by atoms with Crippen LogP contribution in [0.2, 0.25) is 0 Å². The summed E-state index contributed by atoms with van der Waals surface area (Å²) in [6.07, 6.45) is 2.46. The number of fused-ring (bicyclic) bond motifs is 1. The fraction of sp³-hybridized carbons (Fsp3) is 0.474. The number of aryl methyl sites for hydroxylation is 2. The van der Waals surface area contributed by atoms with E-state index in [1.165, 1.54) is 29.5 Å². The second-order valence-electron chi connectivity index (χ2n) is 6.42. The number of rotatable bonds is 3. The number of nitrogens with one attached hydrogen (secondary N) is 1. The van der Waals surface area contributed by atoms with Gasteiger partial charge in [-0.3, -0.25) is 0 Å². The lowest BCUT2D eigenvalue weighted by atomic mass is 9.80. The van der Waals surface area contributed by atoms with Crippen LogP contribution in [-0.4, -0.2) is 0 Å². The van der Waals surface area contributed by atoms with Gasteiger partial charge in [0.05, 0.1) is 0 Å². The molecule has 1 aliphatic rings. The molecule has 3 unspecified atom stereocenters. The van der Waals surface area contributed by atoms with Crippen LogP contribution in [0.15, 0.2) is 34.7 Å². The van der Waals surface area contributed by atoms with Crippen LogP contribution in [0.25, 0.3) is 0 Å². The largest absolute Gasteiger partial charge is 0.466 e. The summed E-state index contributed by atoms with van der Waals surface area (Å²) in [7, 11) is 0. The summed E-state index contributed by atoms with van der Waals surface area (Å²) in [4.78, 5) is 0. The molecule has 0 amide bonds. The Labute approximate surface area is 127 Å². The van der Waals surface area contributed by atoms with E-state index in [2.05, 4.69) is 56.4 Å². The van der Waals surface area contributed by atoms with Crippen molar-refractivity contribution in [1.29, 1.82) is 0 Å². The van der Waals surface area contributed by atoms with Gasteiger partial charge in [0.15, 0.2) is 0 Å². The predicted molar refractivity (Wildman–Crippen MR) is 86.6 cm³/mol. The van der Waals surface area contributed by atoms with Gasteiger partial charge in [-0.2, -0.15) is 0 Å². The summed E-state index contributed by atoms with van der Waals surface area (Å²) in [5.41, 5.74) is 4.26. The van der Waals surface area contributed by atoms with Gasteiger partial charge in [0.1, 0.15) is 11.5 Å². The quantitative estimate of drug-likeness (QED) is 0.839. The molecule has 3 atom stereocenters. The first-order valence-corrected chi connectivity index (χ1v) is 7.98. The second-order valence-corrected chi connectivity index (χ2v) is 6.42. The molecular formula is C19H25NO. The third-order valence-electron chi connectivity index (χ3n) is 4.79. The maximum Gasteiger partial charge on any atom is 0.105 e. The highest BCUT2D eigenvalue weighted by atomic mass is 16.3. The van der Waals surface area contributed by atoms with Crippen LogP contribution < -0.4 is 5.32 Å². The summed E-state index contributed by atoms with van der Waals surface area (Å²) in [5.74, 6) is 2.70. The fourth-order valence-corrected chi connectivity index (χ4v) is 3.65. The molecule has 3 rings (SSSR count). The smallest absolute Gasteiger partial charge is 0.105 e. The maximum atomic E-state index is 5.67. The first kappa shape index (κ1) is 14.4. The molecular weight excluding hydrogens is 258 g/mol. The normalized spacial score (nSPS) is 22.9. The lowest BCUT2D eigenvalue weighted by molar-refractivity contribution is 0.392. The van der Waals surface area contributed by atoms with Crippen molar-refractivity contribution in [2.24, 2.45) is 0 Å². The Bertz CT molecular complexity index is 628.